The lowest BCUT2D eigenvalue weighted by molar-refractivity contribution is 0.0944. The number of nitrogens with one attached hydrogen (secondary N) is 1. The number of nitrogens with zero attached hydrogens (tertiary/aromatic N) is 4. The summed E-state index contributed by atoms with van der Waals surface area (Å²) < 4.78 is 7.16. The van der Waals surface area contributed by atoms with Crippen molar-refractivity contribution >= 4 is 11.6 Å². The highest BCUT2D eigenvalue weighted by Gasteiger charge is 2.17. The summed E-state index contributed by atoms with van der Waals surface area (Å²) in [6.07, 6.45) is 6.58. The molecule has 4 aromatic heterocycles. The Hall–Kier alpha value is -3.48. The van der Waals surface area contributed by atoms with Gasteiger partial charge in [0.1, 0.15) is 17.0 Å². The number of pyridine rings is 1. The molecule has 7 heteroatoms. The number of imidazole rings is 1. The van der Waals surface area contributed by atoms with Crippen LogP contribution in [-0.4, -0.2) is 25.3 Å². The maximum absolute atomic E-state index is 12.7. The monoisotopic (exact) mass is 333 g/mol. The standard InChI is InChI=1S/C18H15N5O2/c1-12-17(23-9-3-2-6-15(23)22-12)18(24)21-11-13-16(20-8-7-19-13)14-5-4-10-25-14/h2-10H,11H2,1H3,(H,21,24). The highest BCUT2D eigenvalue weighted by Crippen LogP contribution is 2.20. The van der Waals surface area contributed by atoms with Gasteiger partial charge in [-0.15, -0.1) is 0 Å². The third-order valence-electron chi connectivity index (χ3n) is 3.86. The van der Waals surface area contributed by atoms with Crippen molar-refractivity contribution in [3.8, 4) is 11.5 Å². The molecule has 0 aliphatic heterocycles. The van der Waals surface area contributed by atoms with Crippen molar-refractivity contribution in [3.63, 3.8) is 0 Å². The van der Waals surface area contributed by atoms with E-state index in [0.29, 0.717) is 28.5 Å². The van der Waals surface area contributed by atoms with Crippen LogP contribution < -0.4 is 5.32 Å². The first-order valence-electron chi connectivity index (χ1n) is 7.79. The highest BCUT2D eigenvalue weighted by atomic mass is 16.3. The van der Waals surface area contributed by atoms with E-state index in [-0.39, 0.29) is 12.5 Å². The molecule has 4 aromatic rings. The van der Waals surface area contributed by atoms with Crippen LogP contribution in [0, 0.1) is 6.92 Å². The fourth-order valence-electron chi connectivity index (χ4n) is 2.75. The zero-order valence-corrected chi connectivity index (χ0v) is 13.5. The normalized spacial score (nSPS) is 10.9. The largest absolute Gasteiger partial charge is 0.463 e. The topological polar surface area (TPSA) is 85.3 Å². The Morgan fingerprint density at radius 3 is 2.92 bits per heavy atom. The summed E-state index contributed by atoms with van der Waals surface area (Å²) in [7, 11) is 0. The quantitative estimate of drug-likeness (QED) is 0.620. The van der Waals surface area contributed by atoms with Crippen LogP contribution in [0.2, 0.25) is 0 Å². The van der Waals surface area contributed by atoms with Gasteiger partial charge in [-0.2, -0.15) is 0 Å². The number of carbonyl (C=O) groups is 1. The highest BCUT2D eigenvalue weighted by molar-refractivity contribution is 5.94. The van der Waals surface area contributed by atoms with Crippen molar-refractivity contribution in [2.24, 2.45) is 0 Å². The Morgan fingerprint density at radius 1 is 1.20 bits per heavy atom. The lowest BCUT2D eigenvalue weighted by Gasteiger charge is -2.08. The van der Waals surface area contributed by atoms with Crippen LogP contribution in [0.1, 0.15) is 21.9 Å². The molecule has 25 heavy (non-hydrogen) atoms. The molecule has 4 heterocycles. The summed E-state index contributed by atoms with van der Waals surface area (Å²) in [5, 5.41) is 2.89. The number of fused-ring (bicyclic) bond motifs is 1. The maximum atomic E-state index is 12.7. The first kappa shape index (κ1) is 15.1. The summed E-state index contributed by atoms with van der Waals surface area (Å²) in [5.74, 6) is 0.399. The first-order chi connectivity index (χ1) is 12.2. The Bertz CT molecular complexity index is 1040. The second-order valence-corrected chi connectivity index (χ2v) is 5.49. The van der Waals surface area contributed by atoms with Crippen LogP contribution in [0.15, 0.2) is 59.6 Å². The van der Waals surface area contributed by atoms with Gasteiger partial charge in [0.25, 0.3) is 5.91 Å². The minimum absolute atomic E-state index is 0.216. The number of carbonyl (C=O) groups excluding carboxylic acids is 1. The molecule has 124 valence electrons. The molecule has 0 bridgehead atoms. The number of aryl methyl sites for hydroxylation is 1. The van der Waals surface area contributed by atoms with Gasteiger partial charge in [-0.25, -0.2) is 9.97 Å². The number of amides is 1. The molecule has 0 spiro atoms. The maximum Gasteiger partial charge on any atom is 0.270 e. The Kier molecular flexibility index (Phi) is 3.74. The van der Waals surface area contributed by atoms with Gasteiger partial charge in [-0.05, 0) is 31.2 Å². The van der Waals surface area contributed by atoms with E-state index in [0.717, 1.165) is 5.65 Å². The van der Waals surface area contributed by atoms with Crippen LogP contribution >= 0.6 is 0 Å². The number of rotatable bonds is 4. The van der Waals surface area contributed by atoms with E-state index >= 15 is 0 Å². The number of aromatic nitrogens is 4. The average Bonchev–Trinajstić information content (AvgIpc) is 3.27. The average molecular weight is 333 g/mol. The lowest BCUT2D eigenvalue weighted by atomic mass is 10.2. The predicted molar refractivity (Wildman–Crippen MR) is 90.8 cm³/mol. The van der Waals surface area contributed by atoms with E-state index in [4.69, 9.17) is 4.42 Å². The molecule has 0 unspecified atom stereocenters. The van der Waals surface area contributed by atoms with Gasteiger partial charge >= 0.3 is 0 Å². The molecule has 0 fully saturated rings. The molecule has 0 aliphatic carbocycles. The zero-order valence-electron chi connectivity index (χ0n) is 13.5. The van der Waals surface area contributed by atoms with Crippen molar-refractivity contribution in [1.29, 1.82) is 0 Å². The summed E-state index contributed by atoms with van der Waals surface area (Å²) in [5.41, 5.74) is 3.18. The van der Waals surface area contributed by atoms with Crippen molar-refractivity contribution in [2.45, 2.75) is 13.5 Å². The minimum Gasteiger partial charge on any atom is -0.463 e. The zero-order chi connectivity index (χ0) is 17.2. The smallest absolute Gasteiger partial charge is 0.270 e. The van der Waals surface area contributed by atoms with E-state index in [2.05, 4.69) is 20.3 Å². The fraction of sp³-hybridized carbons (Fsp3) is 0.111. The van der Waals surface area contributed by atoms with Crippen molar-refractivity contribution in [1.82, 2.24) is 24.7 Å². The van der Waals surface area contributed by atoms with Gasteiger partial charge < -0.3 is 9.73 Å². The van der Waals surface area contributed by atoms with Gasteiger partial charge in [-0.1, -0.05) is 6.07 Å². The van der Waals surface area contributed by atoms with Gasteiger partial charge in [0, 0.05) is 18.6 Å². The van der Waals surface area contributed by atoms with Crippen molar-refractivity contribution in [2.75, 3.05) is 0 Å². The summed E-state index contributed by atoms with van der Waals surface area (Å²) in [6, 6.07) is 9.21. The number of furan rings is 1. The van der Waals surface area contributed by atoms with Crippen LogP contribution in [-0.2, 0) is 6.54 Å². The Balaban J connectivity index is 1.60. The second-order valence-electron chi connectivity index (χ2n) is 5.49. The van der Waals surface area contributed by atoms with Crippen molar-refractivity contribution < 1.29 is 9.21 Å². The minimum atomic E-state index is -0.216. The molecular weight excluding hydrogens is 318 g/mol. The molecule has 7 nitrogen and oxygen atoms in total. The molecule has 0 aliphatic rings. The summed E-state index contributed by atoms with van der Waals surface area (Å²) >= 11 is 0. The predicted octanol–water partition coefficient (Wildman–Crippen LogP) is 2.62. The van der Waals surface area contributed by atoms with E-state index in [1.165, 1.54) is 0 Å². The fourth-order valence-corrected chi connectivity index (χ4v) is 2.75. The molecule has 0 radical (unpaired) electrons. The SMILES string of the molecule is Cc1nc2ccccn2c1C(=O)NCc1nccnc1-c1ccco1. The number of hydrogen-bond donors (Lipinski definition) is 1. The van der Waals surface area contributed by atoms with E-state index in [1.807, 2.05) is 37.4 Å². The molecule has 0 atom stereocenters. The van der Waals surface area contributed by atoms with E-state index < -0.39 is 0 Å². The van der Waals surface area contributed by atoms with E-state index in [9.17, 15) is 4.79 Å². The van der Waals surface area contributed by atoms with Crippen LogP contribution in [0.5, 0.6) is 0 Å². The van der Waals surface area contributed by atoms with Gasteiger partial charge in [0.15, 0.2) is 5.76 Å². The third kappa shape index (κ3) is 2.76. The van der Waals surface area contributed by atoms with Crippen molar-refractivity contribution in [3.05, 3.63) is 72.3 Å². The molecule has 0 saturated heterocycles. The first-order valence-corrected chi connectivity index (χ1v) is 7.79. The van der Waals surface area contributed by atoms with Crippen LogP contribution in [0.3, 0.4) is 0 Å². The van der Waals surface area contributed by atoms with Gasteiger partial charge in [-0.3, -0.25) is 14.2 Å². The van der Waals surface area contributed by atoms with Crippen LogP contribution in [0.25, 0.3) is 17.1 Å². The second kappa shape index (κ2) is 6.20. The molecule has 0 saturated carbocycles. The van der Waals surface area contributed by atoms with E-state index in [1.54, 1.807) is 29.1 Å². The molecular formula is C18H15N5O2. The Morgan fingerprint density at radius 2 is 2.08 bits per heavy atom. The van der Waals surface area contributed by atoms with Crippen LogP contribution in [0.4, 0.5) is 0 Å². The molecule has 0 aromatic carbocycles. The lowest BCUT2D eigenvalue weighted by Crippen LogP contribution is -2.25. The summed E-state index contributed by atoms with van der Waals surface area (Å²) in [4.78, 5) is 25.7. The molecule has 1 amide bonds. The third-order valence-corrected chi connectivity index (χ3v) is 3.86. The van der Waals surface area contributed by atoms with Gasteiger partial charge in [0.2, 0.25) is 0 Å². The van der Waals surface area contributed by atoms with Gasteiger partial charge in [0.05, 0.1) is 24.2 Å². The molecule has 4 rings (SSSR count). The molecule has 1 N–H and O–H groups in total. The number of hydrogen-bond acceptors (Lipinski definition) is 5. The summed E-state index contributed by atoms with van der Waals surface area (Å²) in [6.45, 7) is 2.06. The Labute approximate surface area is 143 Å².